The molecule has 0 aliphatic heterocycles. The number of anilines is 1. The van der Waals surface area contributed by atoms with E-state index in [1.165, 1.54) is 4.57 Å². The van der Waals surface area contributed by atoms with Crippen LogP contribution in [0.3, 0.4) is 0 Å². The summed E-state index contributed by atoms with van der Waals surface area (Å²) in [6.07, 6.45) is 0. The SMILES string of the molecule is Cc1ccc(NC(=O)Cn2c(=O)nc(-c3ccccc3)c3ccccc32)c(Br)c1. The fraction of sp³-hybridized carbons (Fsp3) is 0.0870. The Labute approximate surface area is 176 Å². The van der Waals surface area contributed by atoms with E-state index in [1.807, 2.05) is 79.7 Å². The normalized spacial score (nSPS) is 10.8. The number of para-hydroxylation sites is 1. The zero-order valence-corrected chi connectivity index (χ0v) is 17.3. The molecule has 4 aromatic rings. The van der Waals surface area contributed by atoms with Gasteiger partial charge in [0.25, 0.3) is 0 Å². The van der Waals surface area contributed by atoms with Crippen molar-refractivity contribution in [2.45, 2.75) is 13.5 Å². The summed E-state index contributed by atoms with van der Waals surface area (Å²) < 4.78 is 2.19. The summed E-state index contributed by atoms with van der Waals surface area (Å²) in [5.74, 6) is -0.295. The van der Waals surface area contributed by atoms with E-state index in [2.05, 4.69) is 26.2 Å². The van der Waals surface area contributed by atoms with E-state index < -0.39 is 5.69 Å². The van der Waals surface area contributed by atoms with Crippen molar-refractivity contribution in [1.82, 2.24) is 9.55 Å². The molecule has 0 saturated carbocycles. The van der Waals surface area contributed by atoms with Gasteiger partial charge in [-0.3, -0.25) is 9.36 Å². The van der Waals surface area contributed by atoms with E-state index in [0.717, 1.165) is 21.0 Å². The van der Waals surface area contributed by atoms with Crippen LogP contribution in [-0.2, 0) is 11.3 Å². The maximum Gasteiger partial charge on any atom is 0.349 e. The lowest BCUT2D eigenvalue weighted by atomic mass is 10.1. The van der Waals surface area contributed by atoms with Gasteiger partial charge < -0.3 is 5.32 Å². The van der Waals surface area contributed by atoms with Crippen molar-refractivity contribution >= 4 is 38.4 Å². The fourth-order valence-corrected chi connectivity index (χ4v) is 3.84. The van der Waals surface area contributed by atoms with Crippen LogP contribution in [0.1, 0.15) is 5.56 Å². The molecule has 1 aromatic heterocycles. The Balaban J connectivity index is 1.72. The Morgan fingerprint density at radius 2 is 1.76 bits per heavy atom. The number of nitrogens with zero attached hydrogens (tertiary/aromatic N) is 2. The highest BCUT2D eigenvalue weighted by atomic mass is 79.9. The highest BCUT2D eigenvalue weighted by Crippen LogP contribution is 2.26. The first-order chi connectivity index (χ1) is 14.0. The third-order valence-electron chi connectivity index (χ3n) is 4.64. The Bertz CT molecular complexity index is 1270. The van der Waals surface area contributed by atoms with E-state index in [-0.39, 0.29) is 12.5 Å². The van der Waals surface area contributed by atoms with Crippen LogP contribution in [0.15, 0.2) is 82.1 Å². The van der Waals surface area contributed by atoms with Crippen molar-refractivity contribution < 1.29 is 4.79 Å². The summed E-state index contributed by atoms with van der Waals surface area (Å²) in [4.78, 5) is 29.7. The number of benzene rings is 3. The van der Waals surface area contributed by atoms with E-state index in [0.29, 0.717) is 16.9 Å². The summed E-state index contributed by atoms with van der Waals surface area (Å²) in [7, 11) is 0. The van der Waals surface area contributed by atoms with Crippen LogP contribution >= 0.6 is 15.9 Å². The minimum absolute atomic E-state index is 0.123. The number of amides is 1. The van der Waals surface area contributed by atoms with Crippen molar-refractivity contribution in [3.8, 4) is 11.3 Å². The van der Waals surface area contributed by atoms with Gasteiger partial charge in [0.05, 0.1) is 16.9 Å². The average Bonchev–Trinajstić information content (AvgIpc) is 2.72. The minimum atomic E-state index is -0.458. The first-order valence-corrected chi connectivity index (χ1v) is 9.93. The number of carbonyl (C=O) groups excluding carboxylic acids is 1. The van der Waals surface area contributed by atoms with Gasteiger partial charge in [0.15, 0.2) is 0 Å². The highest BCUT2D eigenvalue weighted by molar-refractivity contribution is 9.10. The molecule has 1 amide bonds. The summed E-state index contributed by atoms with van der Waals surface area (Å²) in [6, 6.07) is 22.7. The van der Waals surface area contributed by atoms with Crippen LogP contribution in [0.2, 0.25) is 0 Å². The highest BCUT2D eigenvalue weighted by Gasteiger charge is 2.14. The standard InChI is InChI=1S/C23H18BrN3O2/c1-15-11-12-19(18(24)13-15)25-21(28)14-27-20-10-6-5-9-17(20)22(26-23(27)29)16-7-3-2-4-8-16/h2-13H,14H2,1H3,(H,25,28). The monoisotopic (exact) mass is 447 g/mol. The number of hydrogen-bond donors (Lipinski definition) is 1. The van der Waals surface area contributed by atoms with Gasteiger partial charge in [-0.2, -0.15) is 4.98 Å². The minimum Gasteiger partial charge on any atom is -0.324 e. The zero-order chi connectivity index (χ0) is 20.4. The van der Waals surface area contributed by atoms with Gasteiger partial charge in [-0.05, 0) is 46.6 Å². The van der Waals surface area contributed by atoms with Gasteiger partial charge in [0, 0.05) is 15.4 Å². The summed E-state index contributed by atoms with van der Waals surface area (Å²) in [6.45, 7) is 1.85. The van der Waals surface area contributed by atoms with Crippen LogP contribution in [0, 0.1) is 6.92 Å². The number of halogens is 1. The molecular formula is C23H18BrN3O2. The molecule has 0 bridgehead atoms. The maximum atomic E-state index is 12.8. The number of aryl methyl sites for hydroxylation is 1. The van der Waals surface area contributed by atoms with E-state index in [9.17, 15) is 9.59 Å². The molecule has 29 heavy (non-hydrogen) atoms. The molecule has 1 heterocycles. The van der Waals surface area contributed by atoms with Crippen molar-refractivity contribution in [2.24, 2.45) is 0 Å². The number of nitrogens with one attached hydrogen (secondary N) is 1. The van der Waals surface area contributed by atoms with E-state index in [1.54, 1.807) is 0 Å². The van der Waals surface area contributed by atoms with Crippen LogP contribution in [0.25, 0.3) is 22.2 Å². The number of aromatic nitrogens is 2. The Hall–Kier alpha value is -3.25. The van der Waals surface area contributed by atoms with Crippen molar-refractivity contribution in [3.05, 3.63) is 93.3 Å². The molecule has 4 rings (SSSR count). The molecular weight excluding hydrogens is 430 g/mol. The van der Waals surface area contributed by atoms with Crippen LogP contribution in [0.5, 0.6) is 0 Å². The molecule has 0 atom stereocenters. The van der Waals surface area contributed by atoms with Crippen LogP contribution in [0.4, 0.5) is 5.69 Å². The van der Waals surface area contributed by atoms with Gasteiger partial charge in [0.2, 0.25) is 5.91 Å². The zero-order valence-electron chi connectivity index (χ0n) is 15.7. The fourth-order valence-electron chi connectivity index (χ4n) is 3.25. The van der Waals surface area contributed by atoms with Gasteiger partial charge in [-0.15, -0.1) is 0 Å². The predicted molar refractivity (Wildman–Crippen MR) is 119 cm³/mol. The van der Waals surface area contributed by atoms with E-state index in [4.69, 9.17) is 0 Å². The molecule has 6 heteroatoms. The third-order valence-corrected chi connectivity index (χ3v) is 5.29. The molecule has 0 spiro atoms. The maximum absolute atomic E-state index is 12.8. The lowest BCUT2D eigenvalue weighted by Crippen LogP contribution is -2.30. The molecule has 5 nitrogen and oxygen atoms in total. The van der Waals surface area contributed by atoms with Crippen molar-refractivity contribution in [2.75, 3.05) is 5.32 Å². The Morgan fingerprint density at radius 3 is 2.52 bits per heavy atom. The summed E-state index contributed by atoms with van der Waals surface area (Å²) >= 11 is 3.46. The molecule has 1 N–H and O–H groups in total. The topological polar surface area (TPSA) is 64.0 Å². The van der Waals surface area contributed by atoms with Crippen LogP contribution in [-0.4, -0.2) is 15.5 Å². The van der Waals surface area contributed by atoms with Crippen molar-refractivity contribution in [1.29, 1.82) is 0 Å². The third kappa shape index (κ3) is 3.98. The number of rotatable bonds is 4. The van der Waals surface area contributed by atoms with Gasteiger partial charge in [-0.25, -0.2) is 4.79 Å². The molecule has 144 valence electrons. The number of hydrogen-bond acceptors (Lipinski definition) is 3. The molecule has 0 fully saturated rings. The lowest BCUT2D eigenvalue weighted by Gasteiger charge is -2.13. The second kappa shape index (κ2) is 8.01. The average molecular weight is 448 g/mol. The van der Waals surface area contributed by atoms with Gasteiger partial charge in [0.1, 0.15) is 6.54 Å². The summed E-state index contributed by atoms with van der Waals surface area (Å²) in [5.41, 5.74) is 3.43. The molecule has 0 aliphatic carbocycles. The lowest BCUT2D eigenvalue weighted by molar-refractivity contribution is -0.116. The van der Waals surface area contributed by atoms with Gasteiger partial charge >= 0.3 is 5.69 Å². The number of fused-ring (bicyclic) bond motifs is 1. The van der Waals surface area contributed by atoms with Gasteiger partial charge in [-0.1, -0.05) is 54.6 Å². The smallest absolute Gasteiger partial charge is 0.324 e. The largest absolute Gasteiger partial charge is 0.349 e. The van der Waals surface area contributed by atoms with E-state index >= 15 is 0 Å². The first-order valence-electron chi connectivity index (χ1n) is 9.14. The van der Waals surface area contributed by atoms with Crippen LogP contribution < -0.4 is 11.0 Å². The second-order valence-electron chi connectivity index (χ2n) is 6.74. The predicted octanol–water partition coefficient (Wildman–Crippen LogP) is 4.77. The molecule has 0 aliphatic rings. The van der Waals surface area contributed by atoms with Crippen molar-refractivity contribution in [3.63, 3.8) is 0 Å². The summed E-state index contributed by atoms with van der Waals surface area (Å²) in [5, 5.41) is 3.67. The first kappa shape index (κ1) is 19.1. The Morgan fingerprint density at radius 1 is 1.03 bits per heavy atom. The molecule has 0 unspecified atom stereocenters. The number of carbonyl (C=O) groups is 1. The Kier molecular flexibility index (Phi) is 5.27. The molecule has 3 aromatic carbocycles. The molecule has 0 saturated heterocycles. The molecule has 0 radical (unpaired) electrons. The second-order valence-corrected chi connectivity index (χ2v) is 7.60. The quantitative estimate of drug-likeness (QED) is 0.489.